The summed E-state index contributed by atoms with van der Waals surface area (Å²) in [4.78, 5) is 11.6. The standard InChI is InChI=1S/C10H4Cl2FNO2S/c11-7-8(14-17-9(7)12)10(15)16-6-3-1-5(13)2-4-6/h1-4H. The predicted octanol–water partition coefficient (Wildman–Crippen LogP) is 3.81. The fourth-order valence-electron chi connectivity index (χ4n) is 1.04. The second-order valence-electron chi connectivity index (χ2n) is 2.96. The van der Waals surface area contributed by atoms with Crippen molar-refractivity contribution in [2.24, 2.45) is 0 Å². The first-order chi connectivity index (χ1) is 8.08. The number of carbonyl (C=O) groups is 1. The molecular formula is C10H4Cl2FNO2S. The van der Waals surface area contributed by atoms with Gasteiger partial charge in [-0.2, -0.15) is 4.37 Å². The fourth-order valence-corrected chi connectivity index (χ4v) is 2.02. The fraction of sp³-hybridized carbons (Fsp3) is 0. The van der Waals surface area contributed by atoms with Crippen molar-refractivity contribution in [1.82, 2.24) is 4.37 Å². The molecule has 0 fully saturated rings. The van der Waals surface area contributed by atoms with Crippen LogP contribution in [0.3, 0.4) is 0 Å². The zero-order valence-electron chi connectivity index (χ0n) is 8.12. The molecule has 0 N–H and O–H groups in total. The van der Waals surface area contributed by atoms with E-state index in [4.69, 9.17) is 27.9 Å². The highest BCUT2D eigenvalue weighted by atomic mass is 35.5. The predicted molar refractivity (Wildman–Crippen MR) is 63.5 cm³/mol. The van der Waals surface area contributed by atoms with E-state index in [2.05, 4.69) is 4.37 Å². The van der Waals surface area contributed by atoms with Crippen molar-refractivity contribution in [2.75, 3.05) is 0 Å². The maximum Gasteiger partial charge on any atom is 0.365 e. The summed E-state index contributed by atoms with van der Waals surface area (Å²) >= 11 is 12.3. The third-order valence-electron chi connectivity index (χ3n) is 1.82. The van der Waals surface area contributed by atoms with Crippen LogP contribution in [0.15, 0.2) is 24.3 Å². The monoisotopic (exact) mass is 291 g/mol. The summed E-state index contributed by atoms with van der Waals surface area (Å²) in [6.45, 7) is 0. The quantitative estimate of drug-likeness (QED) is 0.624. The molecule has 0 aliphatic heterocycles. The van der Waals surface area contributed by atoms with E-state index in [9.17, 15) is 9.18 Å². The first-order valence-electron chi connectivity index (χ1n) is 4.36. The lowest BCUT2D eigenvalue weighted by molar-refractivity contribution is 0.0730. The molecule has 0 saturated heterocycles. The van der Waals surface area contributed by atoms with Crippen molar-refractivity contribution in [3.05, 3.63) is 45.1 Å². The molecule has 7 heteroatoms. The average molecular weight is 292 g/mol. The summed E-state index contributed by atoms with van der Waals surface area (Å²) in [6, 6.07) is 5.01. The van der Waals surface area contributed by atoms with Crippen LogP contribution in [0, 0.1) is 5.82 Å². The van der Waals surface area contributed by atoms with Crippen molar-refractivity contribution in [3.8, 4) is 5.75 Å². The Bertz CT molecular complexity index is 556. The first kappa shape index (κ1) is 12.3. The second-order valence-corrected chi connectivity index (χ2v) is 4.72. The molecule has 0 aliphatic rings. The molecule has 2 aromatic rings. The van der Waals surface area contributed by atoms with Crippen LogP contribution >= 0.6 is 34.7 Å². The molecule has 0 radical (unpaired) electrons. The number of benzene rings is 1. The lowest BCUT2D eigenvalue weighted by atomic mass is 10.3. The normalized spacial score (nSPS) is 10.3. The van der Waals surface area contributed by atoms with E-state index in [1.807, 2.05) is 0 Å². The van der Waals surface area contributed by atoms with Crippen LogP contribution in [0.25, 0.3) is 0 Å². The van der Waals surface area contributed by atoms with Crippen molar-refractivity contribution in [2.45, 2.75) is 0 Å². The Labute approximate surface area is 110 Å². The number of hydrogen-bond acceptors (Lipinski definition) is 4. The van der Waals surface area contributed by atoms with Gasteiger partial charge in [-0.1, -0.05) is 23.2 Å². The second kappa shape index (κ2) is 5.00. The van der Waals surface area contributed by atoms with Crippen molar-refractivity contribution >= 4 is 40.7 Å². The molecule has 0 unspecified atom stereocenters. The number of nitrogens with zero attached hydrogens (tertiary/aromatic N) is 1. The Morgan fingerprint density at radius 1 is 1.29 bits per heavy atom. The van der Waals surface area contributed by atoms with Gasteiger partial charge in [-0.25, -0.2) is 9.18 Å². The van der Waals surface area contributed by atoms with E-state index in [0.717, 1.165) is 11.5 Å². The summed E-state index contributed by atoms with van der Waals surface area (Å²) in [5, 5.41) is 0.0591. The molecule has 0 aliphatic carbocycles. The summed E-state index contributed by atoms with van der Waals surface area (Å²) in [5.41, 5.74) is -0.0500. The summed E-state index contributed by atoms with van der Waals surface area (Å²) < 4.78 is 21.5. The Kier molecular flexibility index (Phi) is 3.61. The van der Waals surface area contributed by atoms with Crippen LogP contribution in [-0.2, 0) is 0 Å². The van der Waals surface area contributed by atoms with Crippen LogP contribution in [0.5, 0.6) is 5.75 Å². The molecule has 0 amide bonds. The Balaban J connectivity index is 2.17. The third kappa shape index (κ3) is 2.74. The SMILES string of the molecule is O=C(Oc1ccc(F)cc1)c1nsc(Cl)c1Cl. The number of ether oxygens (including phenoxy) is 1. The van der Waals surface area contributed by atoms with Gasteiger partial charge in [0.1, 0.15) is 20.9 Å². The summed E-state index contributed by atoms with van der Waals surface area (Å²) in [6.07, 6.45) is 0. The molecular weight excluding hydrogens is 288 g/mol. The molecule has 0 saturated carbocycles. The average Bonchev–Trinajstić information content (AvgIpc) is 2.63. The van der Waals surface area contributed by atoms with Gasteiger partial charge in [-0.3, -0.25) is 0 Å². The van der Waals surface area contributed by atoms with E-state index in [1.165, 1.54) is 24.3 Å². The Hall–Kier alpha value is -1.17. The lowest BCUT2D eigenvalue weighted by Crippen LogP contribution is -2.09. The van der Waals surface area contributed by atoms with Crippen molar-refractivity contribution in [1.29, 1.82) is 0 Å². The lowest BCUT2D eigenvalue weighted by Gasteiger charge is -2.01. The van der Waals surface area contributed by atoms with E-state index in [0.29, 0.717) is 0 Å². The van der Waals surface area contributed by atoms with E-state index in [-0.39, 0.29) is 20.8 Å². The molecule has 0 bridgehead atoms. The van der Waals surface area contributed by atoms with E-state index in [1.54, 1.807) is 0 Å². The maximum atomic E-state index is 12.6. The minimum Gasteiger partial charge on any atom is -0.422 e. The maximum absolute atomic E-state index is 12.6. The van der Waals surface area contributed by atoms with Crippen LogP contribution in [0.2, 0.25) is 9.36 Å². The number of esters is 1. The number of aromatic nitrogens is 1. The number of rotatable bonds is 2. The van der Waals surface area contributed by atoms with Crippen LogP contribution in [-0.4, -0.2) is 10.3 Å². The smallest absolute Gasteiger partial charge is 0.365 e. The first-order valence-corrected chi connectivity index (χ1v) is 5.89. The molecule has 17 heavy (non-hydrogen) atoms. The summed E-state index contributed by atoms with van der Waals surface area (Å²) in [5.74, 6) is -0.944. The van der Waals surface area contributed by atoms with Gasteiger partial charge in [0.2, 0.25) is 0 Å². The van der Waals surface area contributed by atoms with Gasteiger partial charge in [-0.15, -0.1) is 0 Å². The molecule has 2 rings (SSSR count). The van der Waals surface area contributed by atoms with Crippen LogP contribution in [0.4, 0.5) is 4.39 Å². The van der Waals surface area contributed by atoms with Gasteiger partial charge in [-0.05, 0) is 35.8 Å². The van der Waals surface area contributed by atoms with Gasteiger partial charge in [0, 0.05) is 0 Å². The number of halogens is 3. The van der Waals surface area contributed by atoms with Gasteiger partial charge < -0.3 is 4.74 Å². The minimum absolute atomic E-state index is 0.0500. The third-order valence-corrected chi connectivity index (χ3v) is 3.43. The number of hydrogen-bond donors (Lipinski definition) is 0. The van der Waals surface area contributed by atoms with Crippen molar-refractivity contribution in [3.63, 3.8) is 0 Å². The van der Waals surface area contributed by atoms with E-state index >= 15 is 0 Å². The Morgan fingerprint density at radius 3 is 2.47 bits per heavy atom. The zero-order chi connectivity index (χ0) is 12.4. The van der Waals surface area contributed by atoms with Gasteiger partial charge in [0.25, 0.3) is 0 Å². The molecule has 0 spiro atoms. The van der Waals surface area contributed by atoms with Gasteiger partial charge in [0.15, 0.2) is 5.69 Å². The minimum atomic E-state index is -0.732. The molecule has 0 atom stereocenters. The molecule has 88 valence electrons. The van der Waals surface area contributed by atoms with Crippen LogP contribution in [0.1, 0.15) is 10.5 Å². The van der Waals surface area contributed by atoms with Crippen LogP contribution < -0.4 is 4.74 Å². The highest BCUT2D eigenvalue weighted by Crippen LogP contribution is 2.30. The number of carbonyl (C=O) groups excluding carboxylic acids is 1. The van der Waals surface area contributed by atoms with Gasteiger partial charge in [0.05, 0.1) is 0 Å². The van der Waals surface area contributed by atoms with Crippen molar-refractivity contribution < 1.29 is 13.9 Å². The molecule has 1 heterocycles. The molecule has 1 aromatic heterocycles. The molecule has 3 nitrogen and oxygen atoms in total. The van der Waals surface area contributed by atoms with E-state index < -0.39 is 11.8 Å². The zero-order valence-corrected chi connectivity index (χ0v) is 10.4. The highest BCUT2D eigenvalue weighted by molar-refractivity contribution is 7.11. The highest BCUT2D eigenvalue weighted by Gasteiger charge is 2.19. The topological polar surface area (TPSA) is 39.2 Å². The largest absolute Gasteiger partial charge is 0.422 e. The summed E-state index contributed by atoms with van der Waals surface area (Å²) in [7, 11) is 0. The Morgan fingerprint density at radius 2 is 1.94 bits per heavy atom. The van der Waals surface area contributed by atoms with Gasteiger partial charge >= 0.3 is 5.97 Å². The molecule has 1 aromatic carbocycles.